The third-order valence-corrected chi connectivity index (χ3v) is 4.55. The fourth-order valence-corrected chi connectivity index (χ4v) is 3.19. The summed E-state index contributed by atoms with van der Waals surface area (Å²) in [6.45, 7) is 0. The number of nitrogens with two attached hydrogens (primary N) is 1. The summed E-state index contributed by atoms with van der Waals surface area (Å²) in [4.78, 5) is 4.47. The van der Waals surface area contributed by atoms with Crippen LogP contribution in [0.4, 0.5) is 0 Å². The Hall–Kier alpha value is -1.30. The van der Waals surface area contributed by atoms with Gasteiger partial charge >= 0.3 is 0 Å². The summed E-state index contributed by atoms with van der Waals surface area (Å²) < 4.78 is 10.5. The van der Waals surface area contributed by atoms with E-state index in [0.717, 1.165) is 37.7 Å². The molecule has 1 saturated carbocycles. The van der Waals surface area contributed by atoms with Crippen molar-refractivity contribution in [3.63, 3.8) is 0 Å². The third kappa shape index (κ3) is 3.97. The number of methoxy groups -OCH3 is 1. The largest absolute Gasteiger partial charge is 0.495 e. The topological polar surface area (TPSA) is 74.2 Å². The van der Waals surface area contributed by atoms with E-state index in [1.165, 1.54) is 0 Å². The summed E-state index contributed by atoms with van der Waals surface area (Å²) in [5.74, 6) is 1.95. The highest BCUT2D eigenvalue weighted by Crippen LogP contribution is 2.34. The van der Waals surface area contributed by atoms with Gasteiger partial charge in [0.25, 0.3) is 0 Å². The molecule has 0 amide bonds. The van der Waals surface area contributed by atoms with Gasteiger partial charge in [-0.25, -0.2) is 0 Å². The minimum Gasteiger partial charge on any atom is -0.495 e. The van der Waals surface area contributed by atoms with E-state index in [0.29, 0.717) is 28.9 Å². The number of rotatable bonds is 5. The quantitative estimate of drug-likeness (QED) is 0.883. The highest BCUT2D eigenvalue weighted by Gasteiger charge is 2.35. The molecule has 1 aromatic heterocycles. The Morgan fingerprint density at radius 1 is 1.30 bits per heavy atom. The van der Waals surface area contributed by atoms with Gasteiger partial charge in [0, 0.05) is 6.42 Å². The van der Waals surface area contributed by atoms with Crippen LogP contribution in [-0.2, 0) is 18.4 Å². The summed E-state index contributed by atoms with van der Waals surface area (Å²) in [7, 11) is 1.60. The lowest BCUT2D eigenvalue weighted by atomic mass is 9.99. The van der Waals surface area contributed by atoms with Crippen LogP contribution in [0.3, 0.4) is 0 Å². The molecular formula is C16H21Cl2N3O2. The number of nitrogens with zero attached hydrogens (tertiary/aromatic N) is 2. The van der Waals surface area contributed by atoms with Crippen LogP contribution in [0.2, 0.25) is 5.02 Å². The van der Waals surface area contributed by atoms with Gasteiger partial charge in [0.2, 0.25) is 5.89 Å². The minimum atomic E-state index is -0.398. The monoisotopic (exact) mass is 357 g/mol. The Morgan fingerprint density at radius 2 is 2.04 bits per heavy atom. The molecule has 0 spiro atoms. The maximum absolute atomic E-state index is 6.34. The molecule has 126 valence electrons. The van der Waals surface area contributed by atoms with Crippen LogP contribution >= 0.6 is 24.0 Å². The van der Waals surface area contributed by atoms with Gasteiger partial charge in [-0.15, -0.1) is 12.4 Å². The van der Waals surface area contributed by atoms with Crippen LogP contribution in [-0.4, -0.2) is 17.3 Å². The van der Waals surface area contributed by atoms with Crippen molar-refractivity contribution in [2.24, 2.45) is 5.73 Å². The second kappa shape index (κ2) is 7.51. The van der Waals surface area contributed by atoms with E-state index in [9.17, 15) is 0 Å². The summed E-state index contributed by atoms with van der Waals surface area (Å²) in [5.41, 5.74) is 7.04. The number of ether oxygens (including phenoxy) is 1. The van der Waals surface area contributed by atoms with Gasteiger partial charge in [-0.2, -0.15) is 4.98 Å². The molecule has 2 aromatic rings. The van der Waals surface area contributed by atoms with E-state index >= 15 is 0 Å². The lowest BCUT2D eigenvalue weighted by Gasteiger charge is -2.17. The predicted octanol–water partition coefficient (Wildman–Crippen LogP) is 3.67. The molecular weight excluding hydrogens is 337 g/mol. The zero-order chi connectivity index (χ0) is 15.6. The van der Waals surface area contributed by atoms with Crippen molar-refractivity contribution >= 4 is 24.0 Å². The molecule has 0 radical (unpaired) electrons. The number of hydrogen-bond donors (Lipinski definition) is 1. The Balaban J connectivity index is 0.00000192. The highest BCUT2D eigenvalue weighted by atomic mass is 35.5. The van der Waals surface area contributed by atoms with Crippen molar-refractivity contribution in [3.05, 3.63) is 40.5 Å². The van der Waals surface area contributed by atoms with E-state index in [1.807, 2.05) is 18.2 Å². The number of aromatic nitrogens is 2. The van der Waals surface area contributed by atoms with Crippen LogP contribution < -0.4 is 10.5 Å². The van der Waals surface area contributed by atoms with Crippen LogP contribution in [0.5, 0.6) is 5.75 Å². The van der Waals surface area contributed by atoms with Gasteiger partial charge in [-0.3, -0.25) is 0 Å². The van der Waals surface area contributed by atoms with Crippen LogP contribution in [0.25, 0.3) is 0 Å². The first-order valence-electron chi connectivity index (χ1n) is 7.55. The normalized spacial score (nSPS) is 16.1. The average Bonchev–Trinajstić information content (AvgIpc) is 3.15. The number of benzene rings is 1. The van der Waals surface area contributed by atoms with Gasteiger partial charge in [0.15, 0.2) is 5.82 Å². The molecule has 0 saturated heterocycles. The molecule has 23 heavy (non-hydrogen) atoms. The van der Waals surface area contributed by atoms with E-state index in [-0.39, 0.29) is 12.4 Å². The number of aryl methyl sites for hydroxylation is 2. The molecule has 0 unspecified atom stereocenters. The summed E-state index contributed by atoms with van der Waals surface area (Å²) >= 11 is 6.13. The summed E-state index contributed by atoms with van der Waals surface area (Å²) in [5, 5.41) is 4.68. The van der Waals surface area contributed by atoms with Crippen molar-refractivity contribution in [2.75, 3.05) is 7.11 Å². The molecule has 0 bridgehead atoms. The molecule has 1 aromatic carbocycles. The predicted molar refractivity (Wildman–Crippen MR) is 91.3 cm³/mol. The molecule has 1 heterocycles. The van der Waals surface area contributed by atoms with Crippen molar-refractivity contribution in [1.82, 2.24) is 10.1 Å². The first-order valence-corrected chi connectivity index (χ1v) is 7.93. The molecule has 0 aliphatic heterocycles. The van der Waals surface area contributed by atoms with Crippen LogP contribution in [0.1, 0.15) is 43.0 Å². The number of halogens is 2. The van der Waals surface area contributed by atoms with Crippen LogP contribution in [0, 0.1) is 0 Å². The van der Waals surface area contributed by atoms with Gasteiger partial charge in [-0.05, 0) is 37.0 Å². The lowest BCUT2D eigenvalue weighted by molar-refractivity contribution is 0.348. The standard InChI is InChI=1S/C16H20ClN3O2.ClH/c1-21-13-6-4-11(10-12(13)17)5-7-14-19-15(20-22-14)16(18)8-2-3-9-16;/h4,6,10H,2-3,5,7-9,18H2,1H3;1H. The first-order chi connectivity index (χ1) is 10.6. The second-order valence-electron chi connectivity index (χ2n) is 5.84. The van der Waals surface area contributed by atoms with Crippen LogP contribution in [0.15, 0.2) is 22.7 Å². The molecule has 3 rings (SSSR count). The number of hydrogen-bond acceptors (Lipinski definition) is 5. The second-order valence-corrected chi connectivity index (χ2v) is 6.25. The van der Waals surface area contributed by atoms with E-state index in [1.54, 1.807) is 7.11 Å². The Labute approximate surface area is 146 Å². The first kappa shape index (κ1) is 18.0. The summed E-state index contributed by atoms with van der Waals surface area (Å²) in [6, 6.07) is 5.76. The zero-order valence-electron chi connectivity index (χ0n) is 13.0. The molecule has 1 aliphatic rings. The Morgan fingerprint density at radius 3 is 2.70 bits per heavy atom. The summed E-state index contributed by atoms with van der Waals surface area (Å²) in [6.07, 6.45) is 5.57. The smallest absolute Gasteiger partial charge is 0.227 e. The Kier molecular flexibility index (Phi) is 5.89. The van der Waals surface area contributed by atoms with E-state index in [4.69, 9.17) is 26.6 Å². The van der Waals surface area contributed by atoms with Crippen molar-refractivity contribution in [1.29, 1.82) is 0 Å². The molecule has 7 heteroatoms. The SMILES string of the molecule is COc1ccc(CCc2nc(C3(N)CCCC3)no2)cc1Cl.Cl. The zero-order valence-corrected chi connectivity index (χ0v) is 14.6. The fraction of sp³-hybridized carbons (Fsp3) is 0.500. The molecule has 1 fully saturated rings. The molecule has 1 aliphatic carbocycles. The van der Waals surface area contributed by atoms with Gasteiger partial charge in [-0.1, -0.05) is 35.7 Å². The highest BCUT2D eigenvalue weighted by molar-refractivity contribution is 6.32. The van der Waals surface area contributed by atoms with E-state index in [2.05, 4.69) is 10.1 Å². The van der Waals surface area contributed by atoms with Gasteiger partial charge in [0.1, 0.15) is 5.75 Å². The maximum atomic E-state index is 6.34. The van der Waals surface area contributed by atoms with Crippen molar-refractivity contribution in [3.8, 4) is 5.75 Å². The van der Waals surface area contributed by atoms with Gasteiger partial charge in [0.05, 0.1) is 17.7 Å². The molecule has 5 nitrogen and oxygen atoms in total. The van der Waals surface area contributed by atoms with Crippen molar-refractivity contribution < 1.29 is 9.26 Å². The Bertz CT molecular complexity index is 655. The fourth-order valence-electron chi connectivity index (χ4n) is 2.90. The average molecular weight is 358 g/mol. The lowest BCUT2D eigenvalue weighted by Crippen LogP contribution is -2.34. The molecule has 2 N–H and O–H groups in total. The van der Waals surface area contributed by atoms with Gasteiger partial charge < -0.3 is 15.0 Å². The third-order valence-electron chi connectivity index (χ3n) is 4.25. The van der Waals surface area contributed by atoms with Crippen molar-refractivity contribution in [2.45, 2.75) is 44.1 Å². The van der Waals surface area contributed by atoms with E-state index < -0.39 is 5.54 Å². The maximum Gasteiger partial charge on any atom is 0.227 e. The minimum absolute atomic E-state index is 0. The molecule has 0 atom stereocenters.